The van der Waals surface area contributed by atoms with E-state index in [-0.39, 0.29) is 0 Å². The van der Waals surface area contributed by atoms with Gasteiger partial charge in [0.15, 0.2) is 33.7 Å². The maximum atomic E-state index is 12.6. The lowest BCUT2D eigenvalue weighted by molar-refractivity contribution is 0.0972. The minimum atomic E-state index is -5.30. The van der Waals surface area contributed by atoms with Gasteiger partial charge < -0.3 is 15.3 Å². The van der Waals surface area contributed by atoms with Crippen LogP contribution in [-0.2, 0) is 20.2 Å². The average Bonchev–Trinajstić information content (AvgIpc) is 2.53. The zero-order valence-electron chi connectivity index (χ0n) is 12.7. The van der Waals surface area contributed by atoms with Crippen LogP contribution in [0.3, 0.4) is 0 Å². The summed E-state index contributed by atoms with van der Waals surface area (Å²) in [6, 6.07) is 2.25. The highest BCUT2D eigenvalue weighted by molar-refractivity contribution is 7.86. The van der Waals surface area contributed by atoms with E-state index >= 15 is 0 Å². The summed E-state index contributed by atoms with van der Waals surface area (Å²) in [5.74, 6) is -6.90. The smallest absolute Gasteiger partial charge is 0.302 e. The number of fused-ring (bicyclic) bond motifs is 2. The Morgan fingerprint density at radius 1 is 0.667 bits per heavy atom. The van der Waals surface area contributed by atoms with Crippen LogP contribution in [0.4, 0.5) is 0 Å². The molecule has 0 atom stereocenters. The Bertz CT molecular complexity index is 1270. The van der Waals surface area contributed by atoms with E-state index in [4.69, 9.17) is 9.11 Å². The molecule has 0 fully saturated rings. The van der Waals surface area contributed by atoms with Crippen LogP contribution in [-0.4, -0.2) is 52.8 Å². The highest BCUT2D eigenvalue weighted by atomic mass is 32.2. The molecule has 0 radical (unpaired) electrons. The number of ketones is 2. The topological polar surface area (TPSA) is 204 Å². The number of hydrogen-bond donors (Lipinski definition) is 5. The van der Waals surface area contributed by atoms with Crippen LogP contribution in [0.25, 0.3) is 0 Å². The first-order valence-corrected chi connectivity index (χ1v) is 9.64. The third-order valence-corrected chi connectivity index (χ3v) is 5.62. The minimum Gasteiger partial charge on any atom is -0.506 e. The van der Waals surface area contributed by atoms with E-state index in [1.54, 1.807) is 0 Å². The molecule has 0 aromatic heterocycles. The van der Waals surface area contributed by atoms with Crippen molar-refractivity contribution in [3.8, 4) is 17.2 Å². The SMILES string of the molecule is O=C1c2cc(S(=O)(=O)O)ccc2C(=O)c2c(O)c(S(=O)(=O)O)c(O)c(O)c21. The van der Waals surface area contributed by atoms with E-state index in [0.717, 1.165) is 12.1 Å². The summed E-state index contributed by atoms with van der Waals surface area (Å²) in [7, 11) is -10.0. The summed E-state index contributed by atoms with van der Waals surface area (Å²) in [6.07, 6.45) is 0. The summed E-state index contributed by atoms with van der Waals surface area (Å²) in [5.41, 5.74) is -3.06. The number of aromatic hydroxyl groups is 3. The van der Waals surface area contributed by atoms with Gasteiger partial charge in [-0.3, -0.25) is 18.7 Å². The summed E-state index contributed by atoms with van der Waals surface area (Å²) in [4.78, 5) is 22.9. The van der Waals surface area contributed by atoms with Crippen molar-refractivity contribution in [3.05, 3.63) is 40.5 Å². The molecule has 1 aliphatic rings. The van der Waals surface area contributed by atoms with Gasteiger partial charge in [0.05, 0.1) is 16.0 Å². The molecule has 0 spiro atoms. The van der Waals surface area contributed by atoms with Gasteiger partial charge in [0.1, 0.15) is 0 Å². The van der Waals surface area contributed by atoms with Crippen LogP contribution >= 0.6 is 0 Å². The molecular formula is C14H8O11S2. The molecule has 27 heavy (non-hydrogen) atoms. The zero-order valence-corrected chi connectivity index (χ0v) is 14.4. The van der Waals surface area contributed by atoms with E-state index in [1.807, 2.05) is 0 Å². The van der Waals surface area contributed by atoms with Crippen molar-refractivity contribution < 1.29 is 50.8 Å². The van der Waals surface area contributed by atoms with Crippen LogP contribution in [0.5, 0.6) is 17.2 Å². The van der Waals surface area contributed by atoms with E-state index in [2.05, 4.69) is 0 Å². The van der Waals surface area contributed by atoms with Gasteiger partial charge in [-0.15, -0.1) is 0 Å². The fraction of sp³-hybridized carbons (Fsp3) is 0. The van der Waals surface area contributed by atoms with Gasteiger partial charge in [-0.25, -0.2) is 0 Å². The summed E-state index contributed by atoms with van der Waals surface area (Å²) >= 11 is 0. The molecule has 0 heterocycles. The lowest BCUT2D eigenvalue weighted by Crippen LogP contribution is -2.23. The standard InChI is InChI=1S/C14H8O11S2/c15-9-5-2-1-4(26(20,21)22)3-6(5)10(16)7-8(9)12(18)14(27(23,24)25)13(19)11(7)17/h1-3,17-19H,(H,20,21,22)(H,23,24,25). The van der Waals surface area contributed by atoms with E-state index < -0.39 is 81.1 Å². The number of hydrogen-bond acceptors (Lipinski definition) is 9. The van der Waals surface area contributed by atoms with Crippen LogP contribution in [0, 0.1) is 0 Å². The second-order valence-electron chi connectivity index (χ2n) is 5.44. The fourth-order valence-electron chi connectivity index (χ4n) is 2.71. The third kappa shape index (κ3) is 2.64. The Balaban J connectivity index is 2.44. The normalized spacial score (nSPS) is 14.0. The van der Waals surface area contributed by atoms with Crippen molar-refractivity contribution in [2.75, 3.05) is 0 Å². The predicted octanol–water partition coefficient (Wildman–Crippen LogP) is 0.0722. The lowest BCUT2D eigenvalue weighted by Gasteiger charge is -2.21. The van der Waals surface area contributed by atoms with Crippen molar-refractivity contribution in [1.29, 1.82) is 0 Å². The molecule has 2 aromatic rings. The van der Waals surface area contributed by atoms with E-state index in [1.165, 1.54) is 0 Å². The summed E-state index contributed by atoms with van der Waals surface area (Å²) < 4.78 is 63.3. The van der Waals surface area contributed by atoms with Gasteiger partial charge >= 0.3 is 10.1 Å². The molecule has 13 heteroatoms. The number of rotatable bonds is 2. The number of benzene rings is 2. The number of carbonyl (C=O) groups is 2. The monoisotopic (exact) mass is 416 g/mol. The van der Waals surface area contributed by atoms with Crippen molar-refractivity contribution in [2.24, 2.45) is 0 Å². The molecule has 0 unspecified atom stereocenters. The zero-order chi connectivity index (χ0) is 20.5. The maximum absolute atomic E-state index is 12.6. The number of phenolic OH excluding ortho intramolecular Hbond substituents is 3. The lowest BCUT2D eigenvalue weighted by atomic mass is 9.83. The number of phenols is 3. The third-order valence-electron chi connectivity index (χ3n) is 3.87. The molecule has 0 saturated heterocycles. The van der Waals surface area contributed by atoms with Gasteiger partial charge in [-0.1, -0.05) is 0 Å². The first-order valence-electron chi connectivity index (χ1n) is 6.76. The Hall–Kier alpha value is -3.00. The van der Waals surface area contributed by atoms with Crippen molar-refractivity contribution in [1.82, 2.24) is 0 Å². The molecular weight excluding hydrogens is 408 g/mol. The Kier molecular flexibility index (Phi) is 3.82. The molecule has 3 rings (SSSR count). The molecule has 11 nitrogen and oxygen atoms in total. The van der Waals surface area contributed by atoms with Crippen molar-refractivity contribution in [3.63, 3.8) is 0 Å². The molecule has 0 amide bonds. The maximum Gasteiger partial charge on any atom is 0.302 e. The largest absolute Gasteiger partial charge is 0.506 e. The summed E-state index contributed by atoms with van der Waals surface area (Å²) in [5, 5.41) is 29.8. The van der Waals surface area contributed by atoms with Gasteiger partial charge in [0.25, 0.3) is 10.1 Å². The second kappa shape index (κ2) is 5.50. The highest BCUT2D eigenvalue weighted by Crippen LogP contribution is 2.48. The van der Waals surface area contributed by atoms with Crippen LogP contribution in [0.15, 0.2) is 28.0 Å². The molecule has 2 aromatic carbocycles. The fourth-order valence-corrected chi connectivity index (χ4v) is 3.91. The second-order valence-corrected chi connectivity index (χ2v) is 8.22. The van der Waals surface area contributed by atoms with Gasteiger partial charge in [0, 0.05) is 11.1 Å². The number of carbonyl (C=O) groups excluding carboxylic acids is 2. The average molecular weight is 416 g/mol. The van der Waals surface area contributed by atoms with Crippen LogP contribution in [0.1, 0.15) is 31.8 Å². The quantitative estimate of drug-likeness (QED) is 0.215. The molecule has 5 N–H and O–H groups in total. The molecule has 142 valence electrons. The van der Waals surface area contributed by atoms with Crippen LogP contribution < -0.4 is 0 Å². The Labute approximate surface area is 150 Å². The Morgan fingerprint density at radius 3 is 1.70 bits per heavy atom. The van der Waals surface area contributed by atoms with Crippen LogP contribution in [0.2, 0.25) is 0 Å². The van der Waals surface area contributed by atoms with Crippen molar-refractivity contribution in [2.45, 2.75) is 9.79 Å². The highest BCUT2D eigenvalue weighted by Gasteiger charge is 2.40. The van der Waals surface area contributed by atoms with E-state index in [0.29, 0.717) is 6.07 Å². The van der Waals surface area contributed by atoms with Crippen molar-refractivity contribution >= 4 is 31.8 Å². The minimum absolute atomic E-state index is 0.471. The molecule has 1 aliphatic carbocycles. The first kappa shape index (κ1) is 18.8. The predicted molar refractivity (Wildman–Crippen MR) is 84.4 cm³/mol. The van der Waals surface area contributed by atoms with Gasteiger partial charge in [-0.2, -0.15) is 16.8 Å². The molecule has 0 aliphatic heterocycles. The molecule has 0 saturated carbocycles. The van der Waals surface area contributed by atoms with Gasteiger partial charge in [-0.05, 0) is 18.2 Å². The first-order chi connectivity index (χ1) is 12.3. The Morgan fingerprint density at radius 2 is 1.19 bits per heavy atom. The summed E-state index contributed by atoms with van der Waals surface area (Å²) in [6.45, 7) is 0. The van der Waals surface area contributed by atoms with E-state index in [9.17, 15) is 41.7 Å². The van der Waals surface area contributed by atoms with Gasteiger partial charge in [0.2, 0.25) is 0 Å². The molecule has 0 bridgehead atoms.